The normalized spacial score (nSPS) is 26.2. The van der Waals surface area contributed by atoms with Gasteiger partial charge in [0.2, 0.25) is 11.8 Å². The van der Waals surface area contributed by atoms with E-state index in [2.05, 4.69) is 5.32 Å². The van der Waals surface area contributed by atoms with Crippen LogP contribution >= 0.6 is 0 Å². The maximum atomic E-state index is 12.3. The molecule has 1 rings (SSSR count). The molecule has 1 fully saturated rings. The fourth-order valence-corrected chi connectivity index (χ4v) is 3.05. The van der Waals surface area contributed by atoms with Gasteiger partial charge in [0.25, 0.3) is 0 Å². The minimum Gasteiger partial charge on any atom is -0.481 e. The van der Waals surface area contributed by atoms with Crippen molar-refractivity contribution in [2.45, 2.75) is 46.6 Å². The monoisotopic (exact) mass is 298 g/mol. The summed E-state index contributed by atoms with van der Waals surface area (Å²) < 4.78 is 0. The number of nitrogens with zero attached hydrogens (tertiary/aromatic N) is 1. The van der Waals surface area contributed by atoms with E-state index in [4.69, 9.17) is 0 Å². The molecule has 0 spiro atoms. The Morgan fingerprint density at radius 3 is 2.19 bits per heavy atom. The van der Waals surface area contributed by atoms with Crippen molar-refractivity contribution < 1.29 is 19.5 Å². The molecular formula is C15H26N2O4. The fraction of sp³-hybridized carbons (Fsp3) is 0.800. The second-order valence-electron chi connectivity index (χ2n) is 5.87. The molecule has 1 aliphatic carbocycles. The summed E-state index contributed by atoms with van der Waals surface area (Å²) >= 11 is 0. The summed E-state index contributed by atoms with van der Waals surface area (Å²) in [6.07, 6.45) is 1.08. The summed E-state index contributed by atoms with van der Waals surface area (Å²) in [5, 5.41) is 11.9. The molecule has 0 aliphatic heterocycles. The van der Waals surface area contributed by atoms with Crippen molar-refractivity contribution in [1.29, 1.82) is 0 Å². The Balaban J connectivity index is 2.67. The van der Waals surface area contributed by atoms with Crippen LogP contribution in [0.4, 0.5) is 0 Å². The fourth-order valence-electron chi connectivity index (χ4n) is 3.05. The van der Waals surface area contributed by atoms with Crippen molar-refractivity contribution in [3.63, 3.8) is 0 Å². The molecule has 6 nitrogen and oxygen atoms in total. The zero-order valence-electron chi connectivity index (χ0n) is 13.3. The lowest BCUT2D eigenvalue weighted by molar-refractivity contribution is -0.146. The van der Waals surface area contributed by atoms with E-state index in [0.717, 1.165) is 0 Å². The Kier molecular flexibility index (Phi) is 6.18. The SMILES string of the molecule is CCN(CC)C(=O)C(C)NC(=O)[C@H]1CC(C)C[C@H]1C(=O)O. The molecular weight excluding hydrogens is 272 g/mol. The van der Waals surface area contributed by atoms with Crippen LogP contribution in [0.3, 0.4) is 0 Å². The van der Waals surface area contributed by atoms with Crippen LogP contribution in [0.15, 0.2) is 0 Å². The standard InChI is InChI=1S/C15H26N2O4/c1-5-17(6-2)14(19)10(4)16-13(18)11-7-9(3)8-12(11)15(20)21/h9-12H,5-8H2,1-4H3,(H,16,18)(H,20,21)/t9?,10?,11-,12+/m0/s1. The minimum absolute atomic E-state index is 0.133. The summed E-state index contributed by atoms with van der Waals surface area (Å²) in [7, 11) is 0. The maximum Gasteiger partial charge on any atom is 0.307 e. The second-order valence-corrected chi connectivity index (χ2v) is 5.87. The summed E-state index contributed by atoms with van der Waals surface area (Å²) in [4.78, 5) is 37.3. The molecule has 1 aliphatic rings. The van der Waals surface area contributed by atoms with Gasteiger partial charge in [0.1, 0.15) is 6.04 Å². The lowest BCUT2D eigenvalue weighted by Crippen LogP contribution is -2.49. The zero-order chi connectivity index (χ0) is 16.2. The first-order chi connectivity index (χ1) is 9.81. The van der Waals surface area contributed by atoms with Crippen molar-refractivity contribution in [1.82, 2.24) is 10.2 Å². The number of carbonyl (C=O) groups is 3. The highest BCUT2D eigenvalue weighted by molar-refractivity contribution is 5.90. The van der Waals surface area contributed by atoms with E-state index in [1.807, 2.05) is 20.8 Å². The third kappa shape index (κ3) is 4.19. The quantitative estimate of drug-likeness (QED) is 0.769. The first-order valence-corrected chi connectivity index (χ1v) is 7.63. The summed E-state index contributed by atoms with van der Waals surface area (Å²) in [5.74, 6) is -2.34. The van der Waals surface area contributed by atoms with E-state index in [-0.39, 0.29) is 17.7 Å². The molecule has 0 radical (unpaired) electrons. The molecule has 6 heteroatoms. The van der Waals surface area contributed by atoms with Gasteiger partial charge in [-0.1, -0.05) is 6.92 Å². The molecule has 0 aromatic rings. The average molecular weight is 298 g/mol. The zero-order valence-corrected chi connectivity index (χ0v) is 13.3. The molecule has 120 valence electrons. The molecule has 2 unspecified atom stereocenters. The van der Waals surface area contributed by atoms with Crippen LogP contribution in [0, 0.1) is 17.8 Å². The predicted molar refractivity (Wildman–Crippen MR) is 78.5 cm³/mol. The molecule has 0 aromatic carbocycles. The Labute approximate surface area is 125 Å². The van der Waals surface area contributed by atoms with E-state index in [9.17, 15) is 19.5 Å². The van der Waals surface area contributed by atoms with Gasteiger partial charge in [-0.2, -0.15) is 0 Å². The minimum atomic E-state index is -0.928. The van der Waals surface area contributed by atoms with Crippen LogP contribution in [0.2, 0.25) is 0 Å². The number of aliphatic carboxylic acids is 1. The van der Waals surface area contributed by atoms with Gasteiger partial charge in [0, 0.05) is 13.1 Å². The number of hydrogen-bond donors (Lipinski definition) is 2. The molecule has 0 bridgehead atoms. The van der Waals surface area contributed by atoms with Gasteiger partial charge in [0.15, 0.2) is 0 Å². The number of carboxylic acid groups (broad SMARTS) is 1. The van der Waals surface area contributed by atoms with E-state index < -0.39 is 23.8 Å². The van der Waals surface area contributed by atoms with Crippen molar-refractivity contribution in [2.24, 2.45) is 17.8 Å². The van der Waals surface area contributed by atoms with E-state index in [0.29, 0.717) is 25.9 Å². The number of carbonyl (C=O) groups excluding carboxylic acids is 2. The molecule has 0 heterocycles. The van der Waals surface area contributed by atoms with E-state index >= 15 is 0 Å². The van der Waals surface area contributed by atoms with Crippen LogP contribution in [-0.4, -0.2) is 46.9 Å². The summed E-state index contributed by atoms with van der Waals surface area (Å²) in [6.45, 7) is 8.55. The Bertz CT molecular complexity index is 406. The molecule has 21 heavy (non-hydrogen) atoms. The Hall–Kier alpha value is -1.59. The molecule has 2 amide bonds. The molecule has 4 atom stereocenters. The van der Waals surface area contributed by atoms with Gasteiger partial charge >= 0.3 is 5.97 Å². The third-order valence-electron chi connectivity index (χ3n) is 4.26. The van der Waals surface area contributed by atoms with E-state index in [1.165, 1.54) is 0 Å². The summed E-state index contributed by atoms with van der Waals surface area (Å²) in [6, 6.07) is -0.622. The third-order valence-corrected chi connectivity index (χ3v) is 4.26. The van der Waals surface area contributed by atoms with Crippen molar-refractivity contribution >= 4 is 17.8 Å². The lowest BCUT2D eigenvalue weighted by atomic mass is 9.95. The Morgan fingerprint density at radius 2 is 1.71 bits per heavy atom. The van der Waals surface area contributed by atoms with Gasteiger partial charge in [-0.3, -0.25) is 14.4 Å². The van der Waals surface area contributed by atoms with Gasteiger partial charge in [0.05, 0.1) is 11.8 Å². The second kappa shape index (κ2) is 7.43. The average Bonchev–Trinajstić information content (AvgIpc) is 2.82. The first kappa shape index (κ1) is 17.5. The summed E-state index contributed by atoms with van der Waals surface area (Å²) in [5.41, 5.74) is 0. The van der Waals surface area contributed by atoms with Gasteiger partial charge in [-0.05, 0) is 39.5 Å². The largest absolute Gasteiger partial charge is 0.481 e. The maximum absolute atomic E-state index is 12.3. The predicted octanol–water partition coefficient (Wildman–Crippen LogP) is 1.11. The van der Waals surface area contributed by atoms with Crippen LogP contribution in [0.1, 0.15) is 40.5 Å². The van der Waals surface area contributed by atoms with Crippen molar-refractivity contribution in [3.8, 4) is 0 Å². The van der Waals surface area contributed by atoms with Crippen LogP contribution in [0.5, 0.6) is 0 Å². The highest BCUT2D eigenvalue weighted by Gasteiger charge is 2.41. The molecule has 0 aromatic heterocycles. The van der Waals surface area contributed by atoms with Crippen molar-refractivity contribution in [2.75, 3.05) is 13.1 Å². The smallest absolute Gasteiger partial charge is 0.307 e. The number of hydrogen-bond acceptors (Lipinski definition) is 3. The number of carboxylic acids is 1. The van der Waals surface area contributed by atoms with Crippen LogP contribution < -0.4 is 5.32 Å². The number of likely N-dealkylation sites (N-methyl/N-ethyl adjacent to an activating group) is 1. The molecule has 2 N–H and O–H groups in total. The van der Waals surface area contributed by atoms with Crippen LogP contribution in [-0.2, 0) is 14.4 Å². The highest BCUT2D eigenvalue weighted by atomic mass is 16.4. The Morgan fingerprint density at radius 1 is 1.19 bits per heavy atom. The van der Waals surface area contributed by atoms with Crippen LogP contribution in [0.25, 0.3) is 0 Å². The molecule has 0 saturated heterocycles. The van der Waals surface area contributed by atoms with Crippen molar-refractivity contribution in [3.05, 3.63) is 0 Å². The highest BCUT2D eigenvalue weighted by Crippen LogP contribution is 2.36. The van der Waals surface area contributed by atoms with Gasteiger partial charge in [-0.15, -0.1) is 0 Å². The number of rotatable bonds is 6. The van der Waals surface area contributed by atoms with Gasteiger partial charge < -0.3 is 15.3 Å². The van der Waals surface area contributed by atoms with Gasteiger partial charge in [-0.25, -0.2) is 0 Å². The number of nitrogens with one attached hydrogen (secondary N) is 1. The molecule has 1 saturated carbocycles. The van der Waals surface area contributed by atoms with E-state index in [1.54, 1.807) is 11.8 Å². The lowest BCUT2D eigenvalue weighted by Gasteiger charge is -2.25. The first-order valence-electron chi connectivity index (χ1n) is 7.63. The topological polar surface area (TPSA) is 86.7 Å². The number of amides is 2.